The number of imide groups is 1. The van der Waals surface area contributed by atoms with Crippen molar-refractivity contribution in [3.63, 3.8) is 0 Å². The molecule has 1 saturated carbocycles. The van der Waals surface area contributed by atoms with E-state index in [4.69, 9.17) is 4.42 Å². The molecule has 0 spiro atoms. The van der Waals surface area contributed by atoms with Crippen LogP contribution in [0.3, 0.4) is 0 Å². The normalized spacial score (nSPS) is 24.0. The van der Waals surface area contributed by atoms with E-state index in [2.05, 4.69) is 12.1 Å². The molecule has 1 aromatic heterocycles. The quantitative estimate of drug-likeness (QED) is 0.412. The van der Waals surface area contributed by atoms with Crippen molar-refractivity contribution in [3.05, 3.63) is 78.4 Å². The highest BCUT2D eigenvalue weighted by atomic mass is 16.3. The van der Waals surface area contributed by atoms with Crippen molar-refractivity contribution in [2.45, 2.75) is 25.2 Å². The van der Waals surface area contributed by atoms with E-state index in [1.165, 1.54) is 10.5 Å². The van der Waals surface area contributed by atoms with Gasteiger partial charge in [-0.3, -0.25) is 9.59 Å². The van der Waals surface area contributed by atoms with E-state index >= 15 is 0 Å². The average molecular weight is 395 g/mol. The van der Waals surface area contributed by atoms with Crippen LogP contribution in [0.1, 0.15) is 30.7 Å². The van der Waals surface area contributed by atoms with E-state index in [0.29, 0.717) is 17.2 Å². The first-order valence-corrected chi connectivity index (χ1v) is 10.5. The van der Waals surface area contributed by atoms with E-state index < -0.39 is 0 Å². The summed E-state index contributed by atoms with van der Waals surface area (Å²) in [6, 6.07) is 23.9. The van der Waals surface area contributed by atoms with Gasteiger partial charge in [0, 0.05) is 16.8 Å². The van der Waals surface area contributed by atoms with Crippen LogP contribution in [-0.4, -0.2) is 11.8 Å². The lowest BCUT2D eigenvalue weighted by Crippen LogP contribution is -2.30. The summed E-state index contributed by atoms with van der Waals surface area (Å²) >= 11 is 0. The molecule has 1 saturated heterocycles. The zero-order valence-corrected chi connectivity index (χ0v) is 16.5. The number of para-hydroxylation sites is 1. The summed E-state index contributed by atoms with van der Waals surface area (Å²) in [5.41, 5.74) is 3.38. The Bertz CT molecular complexity index is 1290. The second kappa shape index (κ2) is 6.56. The van der Waals surface area contributed by atoms with Crippen LogP contribution in [0.15, 0.2) is 77.2 Å². The number of carbonyl (C=O) groups is 2. The number of hydrogen-bond acceptors (Lipinski definition) is 3. The zero-order chi connectivity index (χ0) is 20.2. The van der Waals surface area contributed by atoms with E-state index in [1.54, 1.807) is 0 Å². The number of hydrogen-bond donors (Lipinski definition) is 0. The van der Waals surface area contributed by atoms with Gasteiger partial charge in [-0.2, -0.15) is 0 Å². The number of rotatable bonds is 2. The van der Waals surface area contributed by atoms with Crippen LogP contribution < -0.4 is 4.90 Å². The lowest BCUT2D eigenvalue weighted by atomic mass is 9.73. The smallest absolute Gasteiger partial charge is 0.237 e. The first-order valence-electron chi connectivity index (χ1n) is 10.5. The van der Waals surface area contributed by atoms with Crippen molar-refractivity contribution in [2.75, 3.05) is 4.90 Å². The number of furan rings is 1. The summed E-state index contributed by atoms with van der Waals surface area (Å²) in [7, 11) is 0. The standard InChI is InChI=1S/C26H21NO3/c28-25-21-12-10-17(16-6-2-1-3-7-16)14-22(21)26(29)27(25)18-11-13-20-19-8-4-5-9-23(19)30-24(20)15-18/h1-9,11,13,15,17,21-22H,10,12,14H2/t17-,21-,22+/m1/s1. The summed E-state index contributed by atoms with van der Waals surface area (Å²) in [6.45, 7) is 0. The summed E-state index contributed by atoms with van der Waals surface area (Å²) < 4.78 is 5.97. The molecule has 4 heteroatoms. The molecule has 1 aliphatic carbocycles. The second-order valence-electron chi connectivity index (χ2n) is 8.42. The van der Waals surface area contributed by atoms with Gasteiger partial charge in [-0.05, 0) is 48.9 Å². The fourth-order valence-corrected chi connectivity index (χ4v) is 5.32. The molecule has 148 valence electrons. The molecule has 3 atom stereocenters. The van der Waals surface area contributed by atoms with Gasteiger partial charge in [-0.15, -0.1) is 0 Å². The molecule has 1 aliphatic heterocycles. The monoisotopic (exact) mass is 395 g/mol. The molecule has 30 heavy (non-hydrogen) atoms. The molecule has 2 aliphatic rings. The summed E-state index contributed by atoms with van der Waals surface area (Å²) in [6.07, 6.45) is 2.45. The van der Waals surface area contributed by atoms with Gasteiger partial charge in [0.1, 0.15) is 11.2 Å². The topological polar surface area (TPSA) is 50.5 Å². The average Bonchev–Trinajstić information content (AvgIpc) is 3.28. The highest BCUT2D eigenvalue weighted by molar-refractivity contribution is 6.22. The Labute approximate surface area is 174 Å². The van der Waals surface area contributed by atoms with E-state index in [9.17, 15) is 9.59 Å². The van der Waals surface area contributed by atoms with Crippen LogP contribution >= 0.6 is 0 Å². The van der Waals surface area contributed by atoms with Gasteiger partial charge in [0.2, 0.25) is 11.8 Å². The Morgan fingerprint density at radius 2 is 1.47 bits per heavy atom. The molecule has 4 nitrogen and oxygen atoms in total. The number of amides is 2. The Hall–Kier alpha value is -3.40. The van der Waals surface area contributed by atoms with E-state index in [0.717, 1.165) is 35.6 Å². The highest BCUT2D eigenvalue weighted by Gasteiger charge is 2.50. The van der Waals surface area contributed by atoms with Gasteiger partial charge in [0.25, 0.3) is 0 Å². The molecular weight excluding hydrogens is 374 g/mol. The minimum Gasteiger partial charge on any atom is -0.456 e. The van der Waals surface area contributed by atoms with E-state index in [-0.39, 0.29) is 23.7 Å². The lowest BCUT2D eigenvalue weighted by molar-refractivity contribution is -0.122. The third-order valence-corrected chi connectivity index (χ3v) is 6.82. The molecule has 0 radical (unpaired) electrons. The van der Waals surface area contributed by atoms with Gasteiger partial charge in [-0.25, -0.2) is 4.90 Å². The maximum atomic E-state index is 13.3. The van der Waals surface area contributed by atoms with Crippen molar-refractivity contribution in [2.24, 2.45) is 11.8 Å². The molecule has 0 bridgehead atoms. The van der Waals surface area contributed by atoms with Gasteiger partial charge in [0.15, 0.2) is 0 Å². The van der Waals surface area contributed by atoms with Crippen LogP contribution in [0.4, 0.5) is 5.69 Å². The molecular formula is C26H21NO3. The molecule has 2 amide bonds. The van der Waals surface area contributed by atoms with Crippen molar-refractivity contribution in [3.8, 4) is 0 Å². The number of benzene rings is 3. The zero-order valence-electron chi connectivity index (χ0n) is 16.5. The predicted molar refractivity (Wildman–Crippen MR) is 116 cm³/mol. The van der Waals surface area contributed by atoms with Crippen LogP contribution in [-0.2, 0) is 9.59 Å². The minimum absolute atomic E-state index is 0.0630. The SMILES string of the molecule is O=C1[C@H]2C[C@H](c3ccccc3)CC[C@H]2C(=O)N1c1ccc2c(c1)oc1ccccc12. The van der Waals surface area contributed by atoms with E-state index in [1.807, 2.05) is 60.7 Å². The molecule has 2 fully saturated rings. The number of fused-ring (bicyclic) bond motifs is 4. The Kier molecular flexibility index (Phi) is 3.82. The number of anilines is 1. The summed E-state index contributed by atoms with van der Waals surface area (Å²) in [5, 5.41) is 2.03. The Balaban J connectivity index is 1.34. The molecule has 4 aromatic rings. The van der Waals surface area contributed by atoms with Crippen molar-refractivity contribution < 1.29 is 14.0 Å². The second-order valence-corrected chi connectivity index (χ2v) is 8.42. The maximum absolute atomic E-state index is 13.3. The highest BCUT2D eigenvalue weighted by Crippen LogP contribution is 2.46. The van der Waals surface area contributed by atoms with Crippen LogP contribution in [0.5, 0.6) is 0 Å². The fourth-order valence-electron chi connectivity index (χ4n) is 5.32. The van der Waals surface area contributed by atoms with Crippen LogP contribution in [0.2, 0.25) is 0 Å². The van der Waals surface area contributed by atoms with Crippen LogP contribution in [0.25, 0.3) is 21.9 Å². The van der Waals surface area contributed by atoms with Crippen LogP contribution in [0, 0.1) is 11.8 Å². The first-order chi connectivity index (χ1) is 14.7. The Morgan fingerprint density at radius 1 is 0.733 bits per heavy atom. The predicted octanol–water partition coefficient (Wildman–Crippen LogP) is 5.66. The minimum atomic E-state index is -0.233. The summed E-state index contributed by atoms with van der Waals surface area (Å²) in [5.74, 6) is -0.235. The van der Waals surface area contributed by atoms with Gasteiger partial charge in [0.05, 0.1) is 17.5 Å². The van der Waals surface area contributed by atoms with Crippen molar-refractivity contribution >= 4 is 39.4 Å². The molecule has 3 aromatic carbocycles. The number of nitrogens with zero attached hydrogens (tertiary/aromatic N) is 1. The molecule has 6 rings (SSSR count). The van der Waals surface area contributed by atoms with Crippen molar-refractivity contribution in [1.29, 1.82) is 0 Å². The van der Waals surface area contributed by atoms with Crippen molar-refractivity contribution in [1.82, 2.24) is 0 Å². The largest absolute Gasteiger partial charge is 0.456 e. The van der Waals surface area contributed by atoms with Gasteiger partial charge in [-0.1, -0.05) is 48.5 Å². The first kappa shape index (κ1) is 17.5. The molecule has 0 N–H and O–H groups in total. The third kappa shape index (κ3) is 2.53. The Morgan fingerprint density at radius 3 is 2.33 bits per heavy atom. The fraction of sp³-hybridized carbons (Fsp3) is 0.231. The third-order valence-electron chi connectivity index (χ3n) is 6.82. The van der Waals surface area contributed by atoms with Gasteiger partial charge < -0.3 is 4.42 Å². The lowest BCUT2D eigenvalue weighted by Gasteiger charge is -2.28. The number of carbonyl (C=O) groups excluding carboxylic acids is 2. The molecule has 2 heterocycles. The van der Waals surface area contributed by atoms with Gasteiger partial charge >= 0.3 is 0 Å². The maximum Gasteiger partial charge on any atom is 0.237 e. The summed E-state index contributed by atoms with van der Waals surface area (Å²) in [4.78, 5) is 27.9. The molecule has 0 unspecified atom stereocenters.